The van der Waals surface area contributed by atoms with Gasteiger partial charge in [-0.15, -0.1) is 11.3 Å². The number of hydrogen-bond donors (Lipinski definition) is 1. The molecule has 0 saturated heterocycles. The van der Waals surface area contributed by atoms with Gasteiger partial charge in [0.15, 0.2) is 5.13 Å². The van der Waals surface area contributed by atoms with Crippen LogP contribution in [0.25, 0.3) is 0 Å². The summed E-state index contributed by atoms with van der Waals surface area (Å²) in [5.74, 6) is -1.19. The number of nitrogens with zero attached hydrogens (tertiary/aromatic N) is 2. The number of carbonyl (C=O) groups is 3. The lowest BCUT2D eigenvalue weighted by Gasteiger charge is -2.21. The number of aromatic nitrogens is 1. The van der Waals surface area contributed by atoms with Crippen molar-refractivity contribution in [3.8, 4) is 0 Å². The molecule has 3 aromatic rings. The number of ether oxygens (including phenoxy) is 1. The Labute approximate surface area is 178 Å². The van der Waals surface area contributed by atoms with E-state index in [1.165, 1.54) is 16.2 Å². The molecule has 1 heterocycles. The van der Waals surface area contributed by atoms with Crippen LogP contribution < -0.4 is 5.32 Å². The number of amides is 2. The average molecular weight is 423 g/mol. The number of benzene rings is 2. The standard InChI is InChI=1S/C22H21N3O4S/c1-25(2)21(28)19(15-9-5-3-6-10-15)29-18(26)13-17-14-30-22(23-17)24-20(27)16-11-7-4-8-12-16/h3-12,14,19H,13H2,1-2H3,(H,23,24,27). The number of esters is 1. The molecule has 2 amide bonds. The Balaban J connectivity index is 1.64. The molecule has 1 N–H and O–H groups in total. The van der Waals surface area contributed by atoms with Gasteiger partial charge in [0, 0.05) is 30.6 Å². The molecule has 1 aromatic heterocycles. The summed E-state index contributed by atoms with van der Waals surface area (Å²) in [6, 6.07) is 17.6. The van der Waals surface area contributed by atoms with Gasteiger partial charge in [-0.1, -0.05) is 48.5 Å². The molecule has 0 radical (unpaired) electrons. The predicted octanol–water partition coefficient (Wildman–Crippen LogP) is 3.31. The minimum absolute atomic E-state index is 0.109. The van der Waals surface area contributed by atoms with Crippen LogP contribution in [0.4, 0.5) is 5.13 Å². The van der Waals surface area contributed by atoms with Crippen LogP contribution in [0.5, 0.6) is 0 Å². The summed E-state index contributed by atoms with van der Waals surface area (Å²) in [4.78, 5) is 42.8. The molecule has 1 unspecified atom stereocenters. The van der Waals surface area contributed by atoms with Gasteiger partial charge < -0.3 is 9.64 Å². The van der Waals surface area contributed by atoms with Gasteiger partial charge in [0.1, 0.15) is 0 Å². The second-order valence-electron chi connectivity index (χ2n) is 6.65. The third-order valence-corrected chi connectivity index (χ3v) is 4.96. The number of hydrogen-bond acceptors (Lipinski definition) is 6. The van der Waals surface area contributed by atoms with E-state index in [0.717, 1.165) is 0 Å². The van der Waals surface area contributed by atoms with Crippen LogP contribution >= 0.6 is 11.3 Å². The van der Waals surface area contributed by atoms with Crippen molar-refractivity contribution in [1.29, 1.82) is 0 Å². The summed E-state index contributed by atoms with van der Waals surface area (Å²) in [6.07, 6.45) is -1.13. The summed E-state index contributed by atoms with van der Waals surface area (Å²) in [5, 5.41) is 4.77. The monoisotopic (exact) mass is 423 g/mol. The Hall–Kier alpha value is -3.52. The van der Waals surface area contributed by atoms with Crippen molar-refractivity contribution in [3.05, 3.63) is 82.9 Å². The summed E-state index contributed by atoms with van der Waals surface area (Å²) < 4.78 is 5.47. The normalized spacial score (nSPS) is 11.4. The van der Waals surface area contributed by atoms with E-state index in [4.69, 9.17) is 4.74 Å². The van der Waals surface area contributed by atoms with Crippen LogP contribution in [0.2, 0.25) is 0 Å². The fourth-order valence-electron chi connectivity index (χ4n) is 2.65. The van der Waals surface area contributed by atoms with Gasteiger partial charge in [0.2, 0.25) is 6.10 Å². The second-order valence-corrected chi connectivity index (χ2v) is 7.51. The predicted molar refractivity (Wildman–Crippen MR) is 114 cm³/mol. The number of rotatable bonds is 7. The number of nitrogens with one attached hydrogen (secondary N) is 1. The number of carbonyl (C=O) groups excluding carboxylic acids is 3. The first-order valence-corrected chi connectivity index (χ1v) is 10.1. The lowest BCUT2D eigenvalue weighted by atomic mass is 10.1. The Morgan fingerprint density at radius 2 is 1.67 bits per heavy atom. The third kappa shape index (κ3) is 5.51. The zero-order valence-corrected chi connectivity index (χ0v) is 17.4. The molecule has 154 valence electrons. The van der Waals surface area contributed by atoms with E-state index in [2.05, 4.69) is 10.3 Å². The Bertz CT molecular complexity index is 1020. The van der Waals surface area contributed by atoms with E-state index in [1.807, 2.05) is 12.1 Å². The van der Waals surface area contributed by atoms with E-state index in [0.29, 0.717) is 22.0 Å². The molecule has 8 heteroatoms. The van der Waals surface area contributed by atoms with Crippen molar-refractivity contribution in [3.63, 3.8) is 0 Å². The summed E-state index contributed by atoms with van der Waals surface area (Å²) in [7, 11) is 3.21. The molecule has 2 aromatic carbocycles. The first-order valence-electron chi connectivity index (χ1n) is 9.20. The Morgan fingerprint density at radius 1 is 1.03 bits per heavy atom. The number of anilines is 1. The highest BCUT2D eigenvalue weighted by Gasteiger charge is 2.26. The van der Waals surface area contributed by atoms with Crippen LogP contribution in [-0.4, -0.2) is 41.8 Å². The highest BCUT2D eigenvalue weighted by atomic mass is 32.1. The fourth-order valence-corrected chi connectivity index (χ4v) is 3.35. The average Bonchev–Trinajstić information content (AvgIpc) is 3.19. The van der Waals surface area contributed by atoms with Crippen molar-refractivity contribution in [2.45, 2.75) is 12.5 Å². The van der Waals surface area contributed by atoms with Gasteiger partial charge in [-0.05, 0) is 12.1 Å². The molecule has 3 rings (SSSR count). The molecule has 7 nitrogen and oxygen atoms in total. The minimum atomic E-state index is -1.02. The van der Waals surface area contributed by atoms with E-state index in [-0.39, 0.29) is 18.2 Å². The Morgan fingerprint density at radius 3 is 2.30 bits per heavy atom. The first kappa shape index (κ1) is 21.2. The summed E-state index contributed by atoms with van der Waals surface area (Å²) in [6.45, 7) is 0. The molecule has 30 heavy (non-hydrogen) atoms. The van der Waals surface area contributed by atoms with E-state index in [9.17, 15) is 14.4 Å². The molecule has 0 saturated carbocycles. The molecular weight excluding hydrogens is 402 g/mol. The lowest BCUT2D eigenvalue weighted by molar-refractivity contribution is -0.159. The van der Waals surface area contributed by atoms with Gasteiger partial charge in [0.05, 0.1) is 12.1 Å². The van der Waals surface area contributed by atoms with Gasteiger partial charge in [-0.3, -0.25) is 19.7 Å². The van der Waals surface area contributed by atoms with Crippen molar-refractivity contribution in [2.24, 2.45) is 0 Å². The molecule has 0 aliphatic rings. The molecule has 0 fully saturated rings. The van der Waals surface area contributed by atoms with Gasteiger partial charge in [-0.2, -0.15) is 0 Å². The van der Waals surface area contributed by atoms with Crippen molar-refractivity contribution in [1.82, 2.24) is 9.88 Å². The van der Waals surface area contributed by atoms with E-state index in [1.54, 1.807) is 68.0 Å². The molecule has 0 aliphatic heterocycles. The zero-order chi connectivity index (χ0) is 21.5. The van der Waals surface area contributed by atoms with Gasteiger partial charge in [-0.25, -0.2) is 4.98 Å². The Kier molecular flexibility index (Phi) is 6.92. The highest BCUT2D eigenvalue weighted by molar-refractivity contribution is 7.14. The molecule has 1 atom stereocenters. The van der Waals surface area contributed by atoms with Crippen LogP contribution in [-0.2, 0) is 20.7 Å². The van der Waals surface area contributed by atoms with Crippen LogP contribution in [0.3, 0.4) is 0 Å². The van der Waals surface area contributed by atoms with Crippen molar-refractivity contribution < 1.29 is 19.1 Å². The summed E-state index contributed by atoms with van der Waals surface area (Å²) in [5.41, 5.74) is 1.57. The SMILES string of the molecule is CN(C)C(=O)C(OC(=O)Cc1csc(NC(=O)c2ccccc2)n1)c1ccccc1. The van der Waals surface area contributed by atoms with Crippen LogP contribution in [0.15, 0.2) is 66.0 Å². The fraction of sp³-hybridized carbons (Fsp3) is 0.182. The van der Waals surface area contributed by atoms with Crippen molar-refractivity contribution in [2.75, 3.05) is 19.4 Å². The smallest absolute Gasteiger partial charge is 0.313 e. The van der Waals surface area contributed by atoms with Crippen LogP contribution in [0, 0.1) is 0 Å². The second kappa shape index (κ2) is 9.80. The van der Waals surface area contributed by atoms with Crippen molar-refractivity contribution >= 4 is 34.3 Å². The number of thiazole rings is 1. The molecular formula is C22H21N3O4S. The highest BCUT2D eigenvalue weighted by Crippen LogP contribution is 2.22. The maximum Gasteiger partial charge on any atom is 0.313 e. The maximum absolute atomic E-state index is 12.5. The zero-order valence-electron chi connectivity index (χ0n) is 16.6. The minimum Gasteiger partial charge on any atom is -0.447 e. The van der Waals surface area contributed by atoms with Gasteiger partial charge in [0.25, 0.3) is 11.8 Å². The van der Waals surface area contributed by atoms with E-state index < -0.39 is 12.1 Å². The quantitative estimate of drug-likeness (QED) is 0.589. The lowest BCUT2D eigenvalue weighted by Crippen LogP contribution is -2.31. The molecule has 0 bridgehead atoms. The topological polar surface area (TPSA) is 88.6 Å². The first-order chi connectivity index (χ1) is 14.4. The number of likely N-dealkylation sites (N-methyl/N-ethyl adjacent to an activating group) is 1. The largest absolute Gasteiger partial charge is 0.447 e. The third-order valence-electron chi connectivity index (χ3n) is 4.15. The van der Waals surface area contributed by atoms with Crippen LogP contribution in [0.1, 0.15) is 27.7 Å². The molecule has 0 aliphatic carbocycles. The van der Waals surface area contributed by atoms with E-state index >= 15 is 0 Å². The van der Waals surface area contributed by atoms with Gasteiger partial charge >= 0.3 is 5.97 Å². The summed E-state index contributed by atoms with van der Waals surface area (Å²) >= 11 is 1.21. The molecule has 0 spiro atoms. The maximum atomic E-state index is 12.5.